The van der Waals surface area contributed by atoms with Gasteiger partial charge >= 0.3 is 5.97 Å². The van der Waals surface area contributed by atoms with E-state index < -0.39 is 39.6 Å². The number of benzene rings is 1. The van der Waals surface area contributed by atoms with Gasteiger partial charge in [-0.25, -0.2) is 27.1 Å². The Morgan fingerprint density at radius 2 is 1.79 bits per heavy atom. The van der Waals surface area contributed by atoms with Crippen molar-refractivity contribution in [2.75, 3.05) is 24.7 Å². The first-order chi connectivity index (χ1) is 17.5. The Morgan fingerprint density at radius 3 is 2.29 bits per heavy atom. The van der Waals surface area contributed by atoms with Gasteiger partial charge in [-0.1, -0.05) is 26.0 Å². The van der Waals surface area contributed by atoms with Crippen LogP contribution in [-0.4, -0.2) is 67.7 Å². The molecule has 1 aromatic carbocycles. The zero-order valence-corrected chi connectivity index (χ0v) is 24.0. The molecule has 0 aliphatic rings. The highest BCUT2D eigenvalue weighted by molar-refractivity contribution is 7.92. The molecule has 9 nitrogen and oxygen atoms in total. The fourth-order valence-electron chi connectivity index (χ4n) is 3.58. The van der Waals surface area contributed by atoms with Gasteiger partial charge in [-0.3, -0.25) is 4.79 Å². The quantitative estimate of drug-likeness (QED) is 0.411. The summed E-state index contributed by atoms with van der Waals surface area (Å²) in [5.41, 5.74) is 1.40. The average molecular weight is 552 g/mol. The number of hydrogen-bond donors (Lipinski definition) is 1. The Hall–Kier alpha value is -2.89. The van der Waals surface area contributed by atoms with Gasteiger partial charge in [-0.2, -0.15) is 0 Å². The van der Waals surface area contributed by atoms with Crippen molar-refractivity contribution in [3.05, 3.63) is 47.4 Å². The summed E-state index contributed by atoms with van der Waals surface area (Å²) in [5, 5.41) is 10.7. The number of esters is 1. The number of methoxy groups -OCH3 is 1. The van der Waals surface area contributed by atoms with Crippen LogP contribution in [0.5, 0.6) is 0 Å². The molecule has 0 amide bonds. The standard InChI is InChI=1S/C27H38FN3O6S/c1-17(2)24-22(14-13-20(32)15-21(36-7)16-23(33)37-27(3,4)5)25(18-9-11-19(28)12-10-18)30-26(29-24)31(6)38(8,34)35/h9-14,17,20-21,32H,15-16H2,1-8H3/b14-13+. The molecule has 38 heavy (non-hydrogen) atoms. The van der Waals surface area contributed by atoms with E-state index in [-0.39, 0.29) is 24.7 Å². The molecule has 0 fully saturated rings. The molecule has 210 valence electrons. The minimum Gasteiger partial charge on any atom is -0.460 e. The van der Waals surface area contributed by atoms with Crippen molar-refractivity contribution >= 4 is 28.0 Å². The fourth-order valence-corrected chi connectivity index (χ4v) is 3.96. The number of halogens is 1. The van der Waals surface area contributed by atoms with Crippen LogP contribution in [0.3, 0.4) is 0 Å². The summed E-state index contributed by atoms with van der Waals surface area (Å²) in [6.07, 6.45) is 2.80. The third kappa shape index (κ3) is 9.14. The average Bonchev–Trinajstić information content (AvgIpc) is 2.80. The number of anilines is 1. The van der Waals surface area contributed by atoms with Crippen LogP contribution in [0.1, 0.15) is 64.6 Å². The molecule has 1 aromatic heterocycles. The van der Waals surface area contributed by atoms with Crippen molar-refractivity contribution < 1.29 is 32.2 Å². The molecule has 0 radical (unpaired) electrons. The Bertz CT molecular complexity index is 1240. The van der Waals surface area contributed by atoms with Crippen molar-refractivity contribution in [3.8, 4) is 11.3 Å². The predicted octanol–water partition coefficient (Wildman–Crippen LogP) is 4.31. The van der Waals surface area contributed by atoms with Crippen molar-refractivity contribution in [1.29, 1.82) is 0 Å². The molecule has 0 aliphatic heterocycles. The van der Waals surface area contributed by atoms with Gasteiger partial charge < -0.3 is 14.6 Å². The Labute approximate surface area is 224 Å². The summed E-state index contributed by atoms with van der Waals surface area (Å²) in [6, 6.07) is 5.66. The topological polar surface area (TPSA) is 119 Å². The van der Waals surface area contributed by atoms with Crippen molar-refractivity contribution in [2.24, 2.45) is 0 Å². The fraction of sp³-hybridized carbons (Fsp3) is 0.519. The maximum atomic E-state index is 13.7. The zero-order valence-electron chi connectivity index (χ0n) is 23.2. The summed E-state index contributed by atoms with van der Waals surface area (Å²) in [7, 11) is -0.825. The number of carbonyl (C=O) groups is 1. The Balaban J connectivity index is 2.48. The molecule has 2 atom stereocenters. The molecule has 1 N–H and O–H groups in total. The number of rotatable bonds is 11. The number of hydrogen-bond acceptors (Lipinski definition) is 8. The third-order valence-electron chi connectivity index (χ3n) is 5.54. The highest BCUT2D eigenvalue weighted by Crippen LogP contribution is 2.32. The van der Waals surface area contributed by atoms with Gasteiger partial charge in [0.25, 0.3) is 0 Å². The smallest absolute Gasteiger partial charge is 0.308 e. The molecule has 0 bridgehead atoms. The first-order valence-corrected chi connectivity index (χ1v) is 14.1. The molecule has 0 spiro atoms. The molecule has 2 unspecified atom stereocenters. The van der Waals surface area contributed by atoms with Gasteiger partial charge in [0, 0.05) is 31.7 Å². The summed E-state index contributed by atoms with van der Waals surface area (Å²) in [6.45, 7) is 9.12. The van der Waals surface area contributed by atoms with E-state index in [1.165, 1.54) is 26.3 Å². The third-order valence-corrected chi connectivity index (χ3v) is 6.70. The molecule has 2 aromatic rings. The van der Waals surface area contributed by atoms with Crippen LogP contribution in [0, 0.1) is 5.82 Å². The SMILES string of the molecule is COC(CC(=O)OC(C)(C)C)CC(O)/C=C/c1c(-c2ccc(F)cc2)nc(N(C)S(C)(=O)=O)nc1C(C)C. The maximum Gasteiger partial charge on any atom is 0.308 e. The second-order valence-electron chi connectivity index (χ2n) is 10.4. The summed E-state index contributed by atoms with van der Waals surface area (Å²) in [4.78, 5) is 21.2. The van der Waals surface area contributed by atoms with Crippen molar-refractivity contribution in [1.82, 2.24) is 9.97 Å². The van der Waals surface area contributed by atoms with Crippen LogP contribution >= 0.6 is 0 Å². The van der Waals surface area contributed by atoms with E-state index >= 15 is 0 Å². The summed E-state index contributed by atoms with van der Waals surface area (Å²) < 4.78 is 49.7. The minimum atomic E-state index is -3.64. The first kappa shape index (κ1) is 31.3. The molecule has 2 rings (SSSR count). The Morgan fingerprint density at radius 1 is 1.18 bits per heavy atom. The number of nitrogens with zero attached hydrogens (tertiary/aromatic N) is 3. The van der Waals surface area contributed by atoms with Crippen molar-refractivity contribution in [3.63, 3.8) is 0 Å². The lowest BCUT2D eigenvalue weighted by Crippen LogP contribution is -2.28. The number of ether oxygens (including phenoxy) is 2. The van der Waals surface area contributed by atoms with Crippen LogP contribution in [0.15, 0.2) is 30.3 Å². The highest BCUT2D eigenvalue weighted by atomic mass is 32.2. The Kier molecular flexibility index (Phi) is 10.5. The highest BCUT2D eigenvalue weighted by Gasteiger charge is 2.24. The lowest BCUT2D eigenvalue weighted by Gasteiger charge is -2.22. The lowest BCUT2D eigenvalue weighted by molar-refractivity contribution is -0.157. The number of aromatic nitrogens is 2. The largest absolute Gasteiger partial charge is 0.460 e. The molecule has 0 saturated heterocycles. The predicted molar refractivity (Wildman–Crippen MR) is 146 cm³/mol. The molecule has 11 heteroatoms. The molecule has 0 aliphatic carbocycles. The second kappa shape index (κ2) is 12.8. The number of aliphatic hydroxyl groups excluding tert-OH is 1. The minimum absolute atomic E-state index is 0.0215. The van der Waals surface area contributed by atoms with Gasteiger partial charge in [-0.05, 0) is 51.0 Å². The van der Waals surface area contributed by atoms with Crippen LogP contribution in [0.4, 0.5) is 10.3 Å². The molecule has 1 heterocycles. The van der Waals surface area contributed by atoms with E-state index in [1.807, 2.05) is 13.8 Å². The van der Waals surface area contributed by atoms with E-state index in [1.54, 1.807) is 45.1 Å². The number of aliphatic hydroxyl groups is 1. The van der Waals surface area contributed by atoms with Crippen LogP contribution in [0.25, 0.3) is 17.3 Å². The van der Waals surface area contributed by atoms with Crippen molar-refractivity contribution in [2.45, 2.75) is 71.2 Å². The molecule has 0 saturated carbocycles. The van der Waals surface area contributed by atoms with Gasteiger partial charge in [0.2, 0.25) is 16.0 Å². The van der Waals surface area contributed by atoms with E-state index in [0.717, 1.165) is 10.6 Å². The van der Waals surface area contributed by atoms with E-state index in [2.05, 4.69) is 9.97 Å². The number of carbonyl (C=O) groups excluding carboxylic acids is 1. The van der Waals surface area contributed by atoms with Crippen LogP contribution in [-0.2, 0) is 24.3 Å². The number of sulfonamides is 1. The van der Waals surface area contributed by atoms with E-state index in [9.17, 15) is 22.7 Å². The van der Waals surface area contributed by atoms with Crippen LogP contribution in [0.2, 0.25) is 0 Å². The molecular formula is C27H38FN3O6S. The summed E-state index contributed by atoms with van der Waals surface area (Å²) >= 11 is 0. The second-order valence-corrected chi connectivity index (χ2v) is 12.4. The van der Waals surface area contributed by atoms with Crippen LogP contribution < -0.4 is 4.31 Å². The monoisotopic (exact) mass is 551 g/mol. The normalized spacial score (nSPS) is 14.1. The zero-order chi connectivity index (χ0) is 28.8. The van der Waals surface area contributed by atoms with Gasteiger partial charge in [-0.15, -0.1) is 0 Å². The lowest BCUT2D eigenvalue weighted by atomic mass is 9.97. The van der Waals surface area contributed by atoms with E-state index in [0.29, 0.717) is 22.5 Å². The molecular weight excluding hydrogens is 513 g/mol. The summed E-state index contributed by atoms with van der Waals surface area (Å²) in [5.74, 6) is -1.02. The van der Waals surface area contributed by atoms with E-state index in [4.69, 9.17) is 9.47 Å². The van der Waals surface area contributed by atoms with Gasteiger partial charge in [0.1, 0.15) is 11.4 Å². The maximum absolute atomic E-state index is 13.7. The van der Waals surface area contributed by atoms with Gasteiger partial charge in [0.05, 0.1) is 36.3 Å². The first-order valence-electron chi connectivity index (χ1n) is 12.2. The van der Waals surface area contributed by atoms with Gasteiger partial charge in [0.15, 0.2) is 0 Å².